The van der Waals surface area contributed by atoms with Gasteiger partial charge in [0.05, 0.1) is 23.3 Å². The maximum absolute atomic E-state index is 12.3. The average molecular weight is 310 g/mol. The van der Waals surface area contributed by atoms with Crippen LogP contribution in [0.15, 0.2) is 4.52 Å². The summed E-state index contributed by atoms with van der Waals surface area (Å²) in [6.07, 6.45) is 1.45. The molecule has 22 heavy (non-hydrogen) atoms. The summed E-state index contributed by atoms with van der Waals surface area (Å²) in [5, 5.41) is 9.77. The van der Waals surface area contributed by atoms with Gasteiger partial charge in [0, 0.05) is 6.92 Å². The molecule has 0 aliphatic carbocycles. The van der Waals surface area contributed by atoms with Crippen LogP contribution in [-0.2, 0) is 4.74 Å². The number of aryl methyl sites for hydroxylation is 1. The molecule has 1 aliphatic rings. The van der Waals surface area contributed by atoms with Crippen LogP contribution in [0, 0.1) is 6.92 Å². The fourth-order valence-corrected chi connectivity index (χ4v) is 2.95. The predicted octanol–water partition coefficient (Wildman–Crippen LogP) is 2.47. The molecule has 0 spiro atoms. The Hall–Kier alpha value is -1.63. The van der Waals surface area contributed by atoms with Gasteiger partial charge in [0.15, 0.2) is 5.82 Å². The van der Waals surface area contributed by atoms with Crippen LogP contribution in [0.1, 0.15) is 65.2 Å². The molecule has 2 heterocycles. The first-order valence-corrected chi connectivity index (χ1v) is 7.70. The minimum atomic E-state index is -0.398. The third-order valence-electron chi connectivity index (χ3n) is 3.95. The zero-order valence-corrected chi connectivity index (χ0v) is 14.2. The number of carbonyl (C=O) groups is 1. The van der Waals surface area contributed by atoms with E-state index in [1.807, 2.05) is 34.6 Å². The van der Waals surface area contributed by atoms with E-state index in [0.717, 1.165) is 6.42 Å². The summed E-state index contributed by atoms with van der Waals surface area (Å²) in [6, 6.07) is -0.559. The Balaban J connectivity index is 1.97. The van der Waals surface area contributed by atoms with Crippen molar-refractivity contribution in [3.8, 4) is 0 Å². The number of carbonyl (C=O) groups excluding carboxylic acids is 1. The van der Waals surface area contributed by atoms with Gasteiger partial charge in [0.25, 0.3) is 0 Å². The lowest BCUT2D eigenvalue weighted by atomic mass is 9.94. The molecule has 1 saturated heterocycles. The van der Waals surface area contributed by atoms with Crippen molar-refractivity contribution in [1.82, 2.24) is 20.8 Å². The standard InChI is InChI=1S/C15H26N4O3/c1-7-10(12-16-9(2)21-19-12)17-13(20)18-11-8-14(3,4)22-15(11,5)6/h10-11H,7-8H2,1-6H3,(H2,17,18,20)/t10-,11+/m0/s1. The van der Waals surface area contributed by atoms with E-state index in [4.69, 9.17) is 9.26 Å². The Labute approximate surface area is 131 Å². The van der Waals surface area contributed by atoms with Crippen molar-refractivity contribution < 1.29 is 14.1 Å². The van der Waals surface area contributed by atoms with Crippen molar-refractivity contribution >= 4 is 6.03 Å². The summed E-state index contributed by atoms with van der Waals surface area (Å²) < 4.78 is 11.0. The highest BCUT2D eigenvalue weighted by Crippen LogP contribution is 2.37. The van der Waals surface area contributed by atoms with Crippen LogP contribution in [0.4, 0.5) is 4.79 Å². The molecule has 7 heteroatoms. The second-order valence-electron chi connectivity index (χ2n) is 6.97. The van der Waals surface area contributed by atoms with E-state index in [9.17, 15) is 4.79 Å². The molecule has 0 saturated carbocycles. The van der Waals surface area contributed by atoms with E-state index < -0.39 is 5.60 Å². The summed E-state index contributed by atoms with van der Waals surface area (Å²) in [4.78, 5) is 16.5. The van der Waals surface area contributed by atoms with Crippen LogP contribution in [0.25, 0.3) is 0 Å². The molecule has 1 aromatic heterocycles. The lowest BCUT2D eigenvalue weighted by Gasteiger charge is -2.28. The van der Waals surface area contributed by atoms with Gasteiger partial charge in [-0.05, 0) is 40.5 Å². The zero-order valence-electron chi connectivity index (χ0n) is 14.2. The number of ether oxygens (including phenoxy) is 1. The van der Waals surface area contributed by atoms with E-state index in [0.29, 0.717) is 18.1 Å². The quantitative estimate of drug-likeness (QED) is 0.891. The highest BCUT2D eigenvalue weighted by molar-refractivity contribution is 5.74. The number of aromatic nitrogens is 2. The number of amides is 2. The SMILES string of the molecule is CC[C@H](NC(=O)N[C@@H]1CC(C)(C)OC1(C)C)c1noc(C)n1. The van der Waals surface area contributed by atoms with Crippen molar-refractivity contribution in [2.24, 2.45) is 0 Å². The summed E-state index contributed by atoms with van der Waals surface area (Å²) >= 11 is 0. The van der Waals surface area contributed by atoms with Gasteiger partial charge < -0.3 is 19.9 Å². The highest BCUT2D eigenvalue weighted by atomic mass is 16.5. The van der Waals surface area contributed by atoms with Crippen LogP contribution in [0.2, 0.25) is 0 Å². The van der Waals surface area contributed by atoms with Gasteiger partial charge in [-0.3, -0.25) is 0 Å². The fourth-order valence-electron chi connectivity index (χ4n) is 2.95. The average Bonchev–Trinajstić information content (AvgIpc) is 2.87. The Morgan fingerprint density at radius 2 is 2.09 bits per heavy atom. The molecule has 2 rings (SSSR count). The van der Waals surface area contributed by atoms with E-state index in [1.54, 1.807) is 6.92 Å². The summed E-state index contributed by atoms with van der Waals surface area (Å²) in [5.74, 6) is 0.986. The molecule has 1 fully saturated rings. The Morgan fingerprint density at radius 3 is 2.55 bits per heavy atom. The van der Waals surface area contributed by atoms with Gasteiger partial charge in [-0.15, -0.1) is 0 Å². The molecule has 1 aliphatic heterocycles. The van der Waals surface area contributed by atoms with Crippen LogP contribution in [0.3, 0.4) is 0 Å². The molecule has 2 amide bonds. The first kappa shape index (κ1) is 16.7. The fraction of sp³-hybridized carbons (Fsp3) is 0.800. The summed E-state index contributed by atoms with van der Waals surface area (Å²) in [5.41, 5.74) is -0.637. The minimum absolute atomic E-state index is 0.0491. The number of nitrogens with zero attached hydrogens (tertiary/aromatic N) is 2. The van der Waals surface area contributed by atoms with Crippen molar-refractivity contribution in [2.75, 3.05) is 0 Å². The van der Waals surface area contributed by atoms with E-state index in [1.165, 1.54) is 0 Å². The second-order valence-corrected chi connectivity index (χ2v) is 6.97. The van der Waals surface area contributed by atoms with Crippen molar-refractivity contribution in [2.45, 2.75) is 77.7 Å². The monoisotopic (exact) mass is 310 g/mol. The number of nitrogens with one attached hydrogen (secondary N) is 2. The Kier molecular flexibility index (Phi) is 4.47. The van der Waals surface area contributed by atoms with Crippen LogP contribution >= 0.6 is 0 Å². The number of hydrogen-bond acceptors (Lipinski definition) is 5. The summed E-state index contributed by atoms with van der Waals surface area (Å²) in [7, 11) is 0. The van der Waals surface area contributed by atoms with Gasteiger partial charge in [-0.25, -0.2) is 4.79 Å². The second kappa shape index (κ2) is 5.87. The van der Waals surface area contributed by atoms with Crippen molar-refractivity contribution in [1.29, 1.82) is 0 Å². The third-order valence-corrected chi connectivity index (χ3v) is 3.95. The highest BCUT2D eigenvalue weighted by Gasteiger charge is 2.46. The maximum Gasteiger partial charge on any atom is 0.315 e. The molecular weight excluding hydrogens is 284 g/mol. The van der Waals surface area contributed by atoms with Gasteiger partial charge in [-0.2, -0.15) is 4.98 Å². The maximum atomic E-state index is 12.3. The molecule has 0 radical (unpaired) electrons. The molecule has 124 valence electrons. The topological polar surface area (TPSA) is 89.3 Å². The Morgan fingerprint density at radius 1 is 1.41 bits per heavy atom. The predicted molar refractivity (Wildman–Crippen MR) is 81.4 cm³/mol. The van der Waals surface area contributed by atoms with E-state index in [2.05, 4.69) is 20.8 Å². The lowest BCUT2D eigenvalue weighted by Crippen LogP contribution is -2.50. The molecular formula is C15H26N4O3. The van der Waals surface area contributed by atoms with Gasteiger partial charge in [0.1, 0.15) is 0 Å². The van der Waals surface area contributed by atoms with Gasteiger partial charge >= 0.3 is 6.03 Å². The number of rotatable bonds is 4. The van der Waals surface area contributed by atoms with Gasteiger partial charge in [0.2, 0.25) is 5.89 Å². The van der Waals surface area contributed by atoms with Crippen molar-refractivity contribution in [3.63, 3.8) is 0 Å². The molecule has 0 aromatic carbocycles. The van der Waals surface area contributed by atoms with Crippen molar-refractivity contribution in [3.05, 3.63) is 11.7 Å². The van der Waals surface area contributed by atoms with Gasteiger partial charge in [-0.1, -0.05) is 12.1 Å². The van der Waals surface area contributed by atoms with Crippen LogP contribution in [-0.4, -0.2) is 33.4 Å². The molecule has 2 N–H and O–H groups in total. The first-order chi connectivity index (χ1) is 10.1. The van der Waals surface area contributed by atoms with Crippen LogP contribution in [0.5, 0.6) is 0 Å². The first-order valence-electron chi connectivity index (χ1n) is 7.70. The van der Waals surface area contributed by atoms with E-state index in [-0.39, 0.29) is 23.7 Å². The molecule has 1 aromatic rings. The van der Waals surface area contributed by atoms with E-state index >= 15 is 0 Å². The Bertz CT molecular complexity index is 539. The minimum Gasteiger partial charge on any atom is -0.367 e. The van der Waals surface area contributed by atoms with Crippen LogP contribution < -0.4 is 10.6 Å². The summed E-state index contributed by atoms with van der Waals surface area (Å²) in [6.45, 7) is 11.7. The lowest BCUT2D eigenvalue weighted by molar-refractivity contribution is -0.0690. The molecule has 2 atom stereocenters. The normalized spacial score (nSPS) is 24.0. The largest absolute Gasteiger partial charge is 0.367 e. The molecule has 7 nitrogen and oxygen atoms in total. The molecule has 0 unspecified atom stereocenters. The smallest absolute Gasteiger partial charge is 0.315 e. The molecule has 0 bridgehead atoms. The number of urea groups is 1. The third kappa shape index (κ3) is 3.76. The zero-order chi connectivity index (χ0) is 16.5. The number of hydrogen-bond donors (Lipinski definition) is 2.